The van der Waals surface area contributed by atoms with E-state index in [9.17, 15) is 18.3 Å². The monoisotopic (exact) mass is 426 g/mol. The number of aliphatic hydroxyl groups is 1. The molecule has 7 nitrogen and oxygen atoms in total. The molecule has 0 fully saturated rings. The molecule has 4 rings (SSSR count). The van der Waals surface area contributed by atoms with Crippen LogP contribution in [-0.4, -0.2) is 37.3 Å². The minimum Gasteiger partial charge on any atom is -0.383 e. The minimum atomic E-state index is -4.31. The SMILES string of the molecule is CC1(C)c2c(N)nc(-n3nc(CCC(F)(F)F)c4cc(Cl)ccc43)nc2NC1O. The van der Waals surface area contributed by atoms with E-state index in [1.165, 1.54) is 4.68 Å². The second-order valence-corrected chi connectivity index (χ2v) is 7.97. The Balaban J connectivity index is 1.85. The van der Waals surface area contributed by atoms with E-state index in [1.807, 2.05) is 0 Å². The average molecular weight is 427 g/mol. The third kappa shape index (κ3) is 3.36. The summed E-state index contributed by atoms with van der Waals surface area (Å²) in [5, 5.41) is 18.3. The molecule has 3 aromatic rings. The fourth-order valence-corrected chi connectivity index (χ4v) is 3.67. The number of nitrogens with one attached hydrogen (secondary N) is 1. The van der Waals surface area contributed by atoms with Gasteiger partial charge in [-0.3, -0.25) is 0 Å². The van der Waals surface area contributed by atoms with Crippen LogP contribution in [-0.2, 0) is 11.8 Å². The molecule has 2 aromatic heterocycles. The quantitative estimate of drug-likeness (QED) is 0.591. The number of aromatic nitrogens is 4. The molecule has 3 heterocycles. The number of anilines is 2. The number of fused-ring (bicyclic) bond motifs is 2. The molecule has 0 spiro atoms. The molecule has 0 amide bonds. The van der Waals surface area contributed by atoms with Gasteiger partial charge in [-0.1, -0.05) is 25.4 Å². The number of alkyl halides is 3. The van der Waals surface area contributed by atoms with Crippen LogP contribution in [0, 0.1) is 0 Å². The van der Waals surface area contributed by atoms with Gasteiger partial charge < -0.3 is 16.2 Å². The number of hydrogen-bond acceptors (Lipinski definition) is 6. The van der Waals surface area contributed by atoms with Crippen molar-refractivity contribution < 1.29 is 18.3 Å². The lowest BCUT2D eigenvalue weighted by molar-refractivity contribution is -0.134. The first-order chi connectivity index (χ1) is 13.5. The van der Waals surface area contributed by atoms with Gasteiger partial charge in [0.15, 0.2) is 0 Å². The van der Waals surface area contributed by atoms with Gasteiger partial charge in [-0.15, -0.1) is 0 Å². The highest BCUT2D eigenvalue weighted by atomic mass is 35.5. The highest BCUT2D eigenvalue weighted by Gasteiger charge is 2.42. The predicted molar refractivity (Wildman–Crippen MR) is 103 cm³/mol. The summed E-state index contributed by atoms with van der Waals surface area (Å²) in [5.41, 5.74) is 6.74. The van der Waals surface area contributed by atoms with Crippen molar-refractivity contribution in [1.82, 2.24) is 19.7 Å². The molecule has 0 saturated carbocycles. The van der Waals surface area contributed by atoms with Crippen LogP contribution in [0.5, 0.6) is 0 Å². The number of nitrogens with two attached hydrogens (primary N) is 1. The molecule has 1 aliphatic heterocycles. The van der Waals surface area contributed by atoms with Gasteiger partial charge >= 0.3 is 6.18 Å². The summed E-state index contributed by atoms with van der Waals surface area (Å²) in [6.07, 6.45) is -6.53. The van der Waals surface area contributed by atoms with Gasteiger partial charge in [-0.2, -0.15) is 32.9 Å². The van der Waals surface area contributed by atoms with E-state index in [2.05, 4.69) is 20.4 Å². The molecule has 1 atom stereocenters. The maximum absolute atomic E-state index is 12.7. The third-order valence-electron chi connectivity index (χ3n) is 5.08. The Hall–Kier alpha value is -2.59. The number of rotatable bonds is 3. The molecular weight excluding hydrogens is 409 g/mol. The van der Waals surface area contributed by atoms with Gasteiger partial charge in [-0.25, -0.2) is 0 Å². The predicted octanol–water partition coefficient (Wildman–Crippen LogP) is 3.57. The van der Waals surface area contributed by atoms with Crippen molar-refractivity contribution in [3.63, 3.8) is 0 Å². The summed E-state index contributed by atoms with van der Waals surface area (Å²) in [5.74, 6) is 0.609. The van der Waals surface area contributed by atoms with Gasteiger partial charge in [0.05, 0.1) is 11.2 Å². The largest absolute Gasteiger partial charge is 0.389 e. The molecule has 4 N–H and O–H groups in total. The summed E-state index contributed by atoms with van der Waals surface area (Å²) in [4.78, 5) is 8.71. The normalized spacial score (nSPS) is 18.1. The topological polar surface area (TPSA) is 102 Å². The molecule has 0 saturated heterocycles. The first-order valence-corrected chi connectivity index (χ1v) is 9.22. The van der Waals surface area contributed by atoms with E-state index < -0.39 is 24.2 Å². The standard InChI is InChI=1S/C18H18ClF3N6O/c1-17(2)12-13(23)24-16(26-14(12)25-15(17)29)28-11-4-3-8(19)7-9(11)10(27-28)5-6-18(20,21)22/h3-4,7,15,29H,5-6H2,1-2H3,(H3,23,24,25,26). The summed E-state index contributed by atoms with van der Waals surface area (Å²) in [7, 11) is 0. The Morgan fingerprint density at radius 1 is 1.31 bits per heavy atom. The smallest absolute Gasteiger partial charge is 0.383 e. The lowest BCUT2D eigenvalue weighted by Gasteiger charge is -2.22. The third-order valence-corrected chi connectivity index (χ3v) is 5.31. The zero-order valence-corrected chi connectivity index (χ0v) is 16.3. The van der Waals surface area contributed by atoms with Crippen molar-refractivity contribution in [3.05, 3.63) is 34.5 Å². The van der Waals surface area contributed by atoms with Crippen LogP contribution >= 0.6 is 11.6 Å². The Kier molecular flexibility index (Phi) is 4.39. The van der Waals surface area contributed by atoms with Crippen LogP contribution in [0.15, 0.2) is 18.2 Å². The van der Waals surface area contributed by atoms with Crippen molar-refractivity contribution in [2.45, 2.75) is 44.5 Å². The first-order valence-electron chi connectivity index (χ1n) is 8.84. The molecule has 29 heavy (non-hydrogen) atoms. The number of aryl methyl sites for hydroxylation is 1. The lowest BCUT2D eigenvalue weighted by atomic mass is 9.86. The molecular formula is C18H18ClF3N6O. The fourth-order valence-electron chi connectivity index (χ4n) is 3.50. The Labute approximate surface area is 168 Å². The fraction of sp³-hybridized carbons (Fsp3) is 0.389. The maximum atomic E-state index is 12.7. The number of nitrogens with zero attached hydrogens (tertiary/aromatic N) is 4. The van der Waals surface area contributed by atoms with E-state index in [4.69, 9.17) is 17.3 Å². The summed E-state index contributed by atoms with van der Waals surface area (Å²) < 4.78 is 39.5. The number of aliphatic hydroxyl groups excluding tert-OH is 1. The van der Waals surface area contributed by atoms with Crippen molar-refractivity contribution in [1.29, 1.82) is 0 Å². The van der Waals surface area contributed by atoms with E-state index in [0.717, 1.165) is 0 Å². The van der Waals surface area contributed by atoms with Crippen LogP contribution in [0.2, 0.25) is 5.02 Å². The van der Waals surface area contributed by atoms with Crippen molar-refractivity contribution in [3.8, 4) is 5.95 Å². The second kappa shape index (κ2) is 6.46. The number of halogens is 4. The summed E-state index contributed by atoms with van der Waals surface area (Å²) in [6, 6.07) is 4.81. The number of benzene rings is 1. The van der Waals surface area contributed by atoms with Gasteiger partial charge in [0.1, 0.15) is 17.9 Å². The molecule has 11 heteroatoms. The van der Waals surface area contributed by atoms with E-state index in [-0.39, 0.29) is 23.9 Å². The highest BCUT2D eigenvalue weighted by Crippen LogP contribution is 2.42. The maximum Gasteiger partial charge on any atom is 0.389 e. The highest BCUT2D eigenvalue weighted by molar-refractivity contribution is 6.31. The van der Waals surface area contributed by atoms with Gasteiger partial charge in [0.25, 0.3) is 5.95 Å². The average Bonchev–Trinajstić information content (AvgIpc) is 3.07. The summed E-state index contributed by atoms with van der Waals surface area (Å²) in [6.45, 7) is 3.60. The number of nitrogen functional groups attached to an aromatic ring is 1. The van der Waals surface area contributed by atoms with Gasteiger partial charge in [0, 0.05) is 34.2 Å². The zero-order chi connectivity index (χ0) is 21.1. The minimum absolute atomic E-state index is 0.0873. The Bertz CT molecular complexity index is 1110. The van der Waals surface area contributed by atoms with Crippen molar-refractivity contribution in [2.24, 2.45) is 0 Å². The molecule has 1 unspecified atom stereocenters. The van der Waals surface area contributed by atoms with Gasteiger partial charge in [0.2, 0.25) is 0 Å². The molecule has 0 radical (unpaired) electrons. The molecule has 154 valence electrons. The Morgan fingerprint density at radius 3 is 2.72 bits per heavy atom. The van der Waals surface area contributed by atoms with Crippen molar-refractivity contribution in [2.75, 3.05) is 11.1 Å². The molecule has 0 bridgehead atoms. The zero-order valence-electron chi connectivity index (χ0n) is 15.5. The van der Waals surface area contributed by atoms with Crippen LogP contribution < -0.4 is 11.1 Å². The number of hydrogen-bond donors (Lipinski definition) is 3. The summed E-state index contributed by atoms with van der Waals surface area (Å²) >= 11 is 6.04. The van der Waals surface area contributed by atoms with Crippen LogP contribution in [0.25, 0.3) is 16.9 Å². The first kappa shape index (κ1) is 19.7. The van der Waals surface area contributed by atoms with E-state index in [1.54, 1.807) is 32.0 Å². The van der Waals surface area contributed by atoms with Gasteiger partial charge in [-0.05, 0) is 18.2 Å². The van der Waals surface area contributed by atoms with E-state index >= 15 is 0 Å². The molecule has 0 aliphatic carbocycles. The van der Waals surface area contributed by atoms with Crippen LogP contribution in [0.4, 0.5) is 24.8 Å². The van der Waals surface area contributed by atoms with Crippen LogP contribution in [0.1, 0.15) is 31.5 Å². The Morgan fingerprint density at radius 2 is 2.03 bits per heavy atom. The lowest BCUT2D eigenvalue weighted by Crippen LogP contribution is -2.33. The second-order valence-electron chi connectivity index (χ2n) is 7.54. The van der Waals surface area contributed by atoms with Crippen LogP contribution in [0.3, 0.4) is 0 Å². The van der Waals surface area contributed by atoms with E-state index in [0.29, 0.717) is 27.3 Å². The molecule has 1 aromatic carbocycles. The van der Waals surface area contributed by atoms with Crippen molar-refractivity contribution >= 4 is 34.1 Å². The molecule has 1 aliphatic rings.